The van der Waals surface area contributed by atoms with Gasteiger partial charge in [0.15, 0.2) is 0 Å². The van der Waals surface area contributed by atoms with E-state index < -0.39 is 47.0 Å². The number of benzene rings is 4. The van der Waals surface area contributed by atoms with Gasteiger partial charge in [-0.05, 0) is 75.9 Å². The molecule has 0 fully saturated rings. The van der Waals surface area contributed by atoms with E-state index in [1.54, 1.807) is 0 Å². The summed E-state index contributed by atoms with van der Waals surface area (Å²) in [6, 6.07) is 14.4. The monoisotopic (exact) mass is 629 g/mol. The molecule has 0 aliphatic heterocycles. The SMILES string of the molecule is N#C/C(=C\c1ccc(-c2cc(C(F)(F)F)cc(C(F)(F)F)c2)cc1)c1ccc(-c2cc(C(F)(F)F)cc(C(F)(F)F)c2)cc1. The second-order valence-electron chi connectivity index (χ2n) is 9.46. The van der Waals surface area contributed by atoms with Crippen LogP contribution in [0, 0.1) is 11.3 Å². The lowest BCUT2D eigenvalue weighted by Gasteiger charge is -2.14. The molecule has 0 aliphatic rings. The first-order valence-electron chi connectivity index (χ1n) is 12.2. The van der Waals surface area contributed by atoms with Gasteiger partial charge < -0.3 is 0 Å². The predicted molar refractivity (Wildman–Crippen MR) is 137 cm³/mol. The molecule has 1 nitrogen and oxygen atoms in total. The first-order chi connectivity index (χ1) is 20.3. The minimum atomic E-state index is -5.04. The summed E-state index contributed by atoms with van der Waals surface area (Å²) in [5, 5.41) is 9.64. The van der Waals surface area contributed by atoms with Crippen LogP contribution in [0.1, 0.15) is 33.4 Å². The highest BCUT2D eigenvalue weighted by Crippen LogP contribution is 2.40. The standard InChI is InChI=1S/C31H15F12N/c32-28(33,34)24-10-21(11-25(14-24)29(35,36)37)18-3-1-17(2-4-18)9-23(16-44)20-7-5-19(6-8-20)22-12-26(30(38,39)40)15-27(13-22)31(41,42)43/h1-15H/b23-9+. The number of hydrogen-bond donors (Lipinski definition) is 0. The van der Waals surface area contributed by atoms with Gasteiger partial charge in [-0.3, -0.25) is 0 Å². The lowest BCUT2D eigenvalue weighted by molar-refractivity contribution is -0.144. The van der Waals surface area contributed by atoms with Crippen molar-refractivity contribution in [1.29, 1.82) is 5.26 Å². The molecule has 0 aliphatic carbocycles. The summed E-state index contributed by atoms with van der Waals surface area (Å²) in [5.74, 6) is 0. The zero-order chi connectivity index (χ0) is 32.7. The zero-order valence-electron chi connectivity index (χ0n) is 21.6. The van der Waals surface area contributed by atoms with Gasteiger partial charge in [0.05, 0.1) is 33.9 Å². The molecule has 13 heteroatoms. The molecule has 228 valence electrons. The maximum absolute atomic E-state index is 13.2. The van der Waals surface area contributed by atoms with Gasteiger partial charge >= 0.3 is 24.7 Å². The fraction of sp³-hybridized carbons (Fsp3) is 0.129. The largest absolute Gasteiger partial charge is 0.416 e. The van der Waals surface area contributed by atoms with Gasteiger partial charge in [0.2, 0.25) is 0 Å². The van der Waals surface area contributed by atoms with E-state index >= 15 is 0 Å². The number of rotatable bonds is 4. The van der Waals surface area contributed by atoms with Gasteiger partial charge in [-0.15, -0.1) is 0 Å². The molecule has 4 aromatic carbocycles. The van der Waals surface area contributed by atoms with Crippen molar-refractivity contribution in [2.45, 2.75) is 24.7 Å². The second-order valence-corrected chi connectivity index (χ2v) is 9.46. The smallest absolute Gasteiger partial charge is 0.192 e. The molecule has 4 rings (SSSR count). The van der Waals surface area contributed by atoms with Crippen LogP contribution in [0.15, 0.2) is 84.9 Å². The van der Waals surface area contributed by atoms with E-state index in [0.29, 0.717) is 29.8 Å². The van der Waals surface area contributed by atoms with Crippen molar-refractivity contribution in [2.24, 2.45) is 0 Å². The number of allylic oxidation sites excluding steroid dienone is 1. The Balaban J connectivity index is 1.65. The second kappa shape index (κ2) is 11.4. The summed E-state index contributed by atoms with van der Waals surface area (Å²) in [4.78, 5) is 0. The molecule has 0 bridgehead atoms. The van der Waals surface area contributed by atoms with Gasteiger partial charge in [0, 0.05) is 0 Å². The molecular weight excluding hydrogens is 614 g/mol. The van der Waals surface area contributed by atoms with Crippen molar-refractivity contribution in [3.05, 3.63) is 118 Å². The van der Waals surface area contributed by atoms with Crippen molar-refractivity contribution in [2.75, 3.05) is 0 Å². The molecular formula is C31H15F12N. The predicted octanol–water partition coefficient (Wildman–Crippen LogP) is 11.2. The molecule has 0 N–H and O–H groups in total. The zero-order valence-corrected chi connectivity index (χ0v) is 21.6. The van der Waals surface area contributed by atoms with Crippen LogP contribution in [-0.2, 0) is 24.7 Å². The van der Waals surface area contributed by atoms with Crippen molar-refractivity contribution in [3.63, 3.8) is 0 Å². The molecule has 0 spiro atoms. The molecule has 4 aromatic rings. The molecule has 0 atom stereocenters. The average Bonchev–Trinajstić information content (AvgIpc) is 2.94. The van der Waals surface area contributed by atoms with Gasteiger partial charge in [-0.25, -0.2) is 0 Å². The number of alkyl halides is 12. The number of hydrogen-bond acceptors (Lipinski definition) is 1. The lowest BCUT2D eigenvalue weighted by Crippen LogP contribution is -2.11. The van der Waals surface area contributed by atoms with E-state index in [4.69, 9.17) is 0 Å². The minimum absolute atomic E-state index is 0.00192. The van der Waals surface area contributed by atoms with Crippen molar-refractivity contribution < 1.29 is 52.7 Å². The molecule has 0 amide bonds. The van der Waals surface area contributed by atoms with E-state index in [2.05, 4.69) is 0 Å². The van der Waals surface area contributed by atoms with Crippen LogP contribution in [0.25, 0.3) is 33.9 Å². The Labute approximate surface area is 241 Å². The Hall–Kier alpha value is -4.73. The topological polar surface area (TPSA) is 23.8 Å². The van der Waals surface area contributed by atoms with Gasteiger partial charge in [-0.2, -0.15) is 57.9 Å². The Morgan fingerprint density at radius 2 is 0.773 bits per heavy atom. The molecule has 0 unspecified atom stereocenters. The van der Waals surface area contributed by atoms with E-state index in [-0.39, 0.29) is 45.5 Å². The Kier molecular flexibility index (Phi) is 8.34. The highest BCUT2D eigenvalue weighted by molar-refractivity contribution is 5.90. The summed E-state index contributed by atoms with van der Waals surface area (Å²) in [5.41, 5.74) is -6.07. The first kappa shape index (κ1) is 32.2. The first-order valence-corrected chi connectivity index (χ1v) is 12.2. The average molecular weight is 629 g/mol. The highest BCUT2D eigenvalue weighted by Gasteiger charge is 2.38. The third-order valence-electron chi connectivity index (χ3n) is 6.38. The van der Waals surface area contributed by atoms with Crippen LogP contribution in [0.3, 0.4) is 0 Å². The molecule has 0 radical (unpaired) electrons. The third-order valence-corrected chi connectivity index (χ3v) is 6.38. The molecule has 0 saturated carbocycles. The fourth-order valence-electron chi connectivity index (χ4n) is 4.20. The summed E-state index contributed by atoms with van der Waals surface area (Å²) in [6.45, 7) is 0. The lowest BCUT2D eigenvalue weighted by atomic mass is 9.96. The van der Waals surface area contributed by atoms with E-state index in [0.717, 1.165) is 0 Å². The Bertz CT molecular complexity index is 1670. The summed E-state index contributed by atoms with van der Waals surface area (Å²) in [6.07, 6.45) is -18.8. The number of halogens is 12. The van der Waals surface area contributed by atoms with Gasteiger partial charge in [0.1, 0.15) is 0 Å². The van der Waals surface area contributed by atoms with E-state index in [1.165, 1.54) is 54.6 Å². The molecule has 0 saturated heterocycles. The van der Waals surface area contributed by atoms with Crippen molar-refractivity contribution >= 4 is 11.6 Å². The highest BCUT2D eigenvalue weighted by atomic mass is 19.4. The van der Waals surface area contributed by atoms with Crippen LogP contribution >= 0.6 is 0 Å². The number of nitrogens with zero attached hydrogens (tertiary/aromatic N) is 1. The normalized spacial score (nSPS) is 13.1. The maximum atomic E-state index is 13.2. The van der Waals surface area contributed by atoms with Crippen molar-refractivity contribution in [3.8, 4) is 28.3 Å². The van der Waals surface area contributed by atoms with Crippen LogP contribution in [0.4, 0.5) is 52.7 Å². The Morgan fingerprint density at radius 3 is 1.07 bits per heavy atom. The van der Waals surface area contributed by atoms with E-state index in [1.807, 2.05) is 6.07 Å². The maximum Gasteiger partial charge on any atom is 0.416 e. The quantitative estimate of drug-likeness (QED) is 0.125. The van der Waals surface area contributed by atoms with Crippen LogP contribution in [0.2, 0.25) is 0 Å². The summed E-state index contributed by atoms with van der Waals surface area (Å²) in [7, 11) is 0. The van der Waals surface area contributed by atoms with E-state index in [9.17, 15) is 57.9 Å². The third kappa shape index (κ3) is 7.42. The summed E-state index contributed by atoms with van der Waals surface area (Å²) < 4.78 is 159. The Morgan fingerprint density at radius 1 is 0.455 bits per heavy atom. The van der Waals surface area contributed by atoms with Crippen molar-refractivity contribution in [1.82, 2.24) is 0 Å². The fourth-order valence-corrected chi connectivity index (χ4v) is 4.20. The van der Waals surface area contributed by atoms with Crippen LogP contribution in [-0.4, -0.2) is 0 Å². The van der Waals surface area contributed by atoms with Crippen LogP contribution < -0.4 is 0 Å². The molecule has 0 aromatic heterocycles. The minimum Gasteiger partial charge on any atom is -0.192 e. The van der Waals surface area contributed by atoms with Gasteiger partial charge in [0.25, 0.3) is 0 Å². The number of nitriles is 1. The molecule has 0 heterocycles. The molecule has 44 heavy (non-hydrogen) atoms. The summed E-state index contributed by atoms with van der Waals surface area (Å²) >= 11 is 0. The van der Waals surface area contributed by atoms with Crippen LogP contribution in [0.5, 0.6) is 0 Å². The van der Waals surface area contributed by atoms with Gasteiger partial charge in [-0.1, -0.05) is 48.5 Å².